The number of rotatable bonds is 2. The highest BCUT2D eigenvalue weighted by molar-refractivity contribution is 7.71. The first-order chi connectivity index (χ1) is 9.58. The van der Waals surface area contributed by atoms with Gasteiger partial charge in [0.1, 0.15) is 5.82 Å². The lowest BCUT2D eigenvalue weighted by atomic mass is 10.3. The minimum Gasteiger partial charge on any atom is -0.264 e. The van der Waals surface area contributed by atoms with Crippen molar-refractivity contribution >= 4 is 46.8 Å². The Kier molecular flexibility index (Phi) is 3.64. The molecule has 3 nitrogen and oxygen atoms in total. The second-order valence-electron chi connectivity index (χ2n) is 3.88. The molecule has 0 unspecified atom stereocenters. The van der Waals surface area contributed by atoms with Crippen LogP contribution in [0.25, 0.3) is 16.4 Å². The molecule has 3 aromatic rings. The fraction of sp³-hybridized carbons (Fsp3) is 0. The van der Waals surface area contributed by atoms with Gasteiger partial charge in [-0.05, 0) is 35.8 Å². The zero-order valence-corrected chi connectivity index (χ0v) is 12.9. The molecular formula is C12H6Cl2FN3S2. The molecule has 0 bridgehead atoms. The van der Waals surface area contributed by atoms with E-state index >= 15 is 0 Å². The first-order valence-electron chi connectivity index (χ1n) is 5.44. The number of hydrogen-bond donors (Lipinski definition) is 1. The van der Waals surface area contributed by atoms with Gasteiger partial charge >= 0.3 is 0 Å². The maximum Gasteiger partial charge on any atom is 0.200 e. The fourth-order valence-corrected chi connectivity index (χ4v) is 3.38. The molecule has 0 aliphatic carbocycles. The Morgan fingerprint density at radius 3 is 2.60 bits per heavy atom. The Labute approximate surface area is 132 Å². The molecule has 0 atom stereocenters. The molecule has 1 N–H and O–H groups in total. The van der Waals surface area contributed by atoms with E-state index in [9.17, 15) is 4.39 Å². The molecule has 0 saturated carbocycles. The predicted molar refractivity (Wildman–Crippen MR) is 82.0 cm³/mol. The van der Waals surface area contributed by atoms with Crippen LogP contribution in [0.5, 0.6) is 0 Å². The summed E-state index contributed by atoms with van der Waals surface area (Å²) in [7, 11) is 0. The van der Waals surface area contributed by atoms with Crippen LogP contribution in [0, 0.1) is 10.6 Å². The quantitative estimate of drug-likeness (QED) is 0.655. The summed E-state index contributed by atoms with van der Waals surface area (Å²) in [6, 6.07) is 6.18. The fourth-order valence-electron chi connectivity index (χ4n) is 1.82. The molecule has 2 heterocycles. The van der Waals surface area contributed by atoms with Crippen LogP contribution in [0.15, 0.2) is 29.6 Å². The molecule has 0 radical (unpaired) electrons. The number of thiophene rings is 1. The molecule has 2 aromatic heterocycles. The van der Waals surface area contributed by atoms with Crippen LogP contribution in [-0.2, 0) is 0 Å². The van der Waals surface area contributed by atoms with Gasteiger partial charge in [0.05, 0.1) is 20.6 Å². The Balaban J connectivity index is 2.32. The summed E-state index contributed by atoms with van der Waals surface area (Å²) in [6.07, 6.45) is 0. The van der Waals surface area contributed by atoms with Crippen molar-refractivity contribution < 1.29 is 4.39 Å². The second-order valence-corrected chi connectivity index (χ2v) is 6.03. The maximum atomic E-state index is 13.3. The maximum absolute atomic E-state index is 13.3. The number of aromatic amines is 1. The summed E-state index contributed by atoms with van der Waals surface area (Å²) in [5.74, 6) is 0.0804. The Bertz CT molecular complexity index is 801. The molecule has 0 amide bonds. The van der Waals surface area contributed by atoms with Gasteiger partial charge in [-0.1, -0.05) is 29.3 Å². The largest absolute Gasteiger partial charge is 0.264 e. The highest BCUT2D eigenvalue weighted by Crippen LogP contribution is 2.34. The standard InChI is InChI=1S/C12H6Cl2FN3S2/c13-7-4-6(15)5-8(14)10(7)18-11(16-17-12(18)19)9-2-1-3-20-9/h1-5H,(H,17,19). The van der Waals surface area contributed by atoms with Crippen LogP contribution in [0.3, 0.4) is 0 Å². The monoisotopic (exact) mass is 345 g/mol. The summed E-state index contributed by atoms with van der Waals surface area (Å²) in [5, 5.41) is 9.15. The molecule has 0 spiro atoms. The number of nitrogens with zero attached hydrogens (tertiary/aromatic N) is 2. The average Bonchev–Trinajstić information content (AvgIpc) is 2.99. The Morgan fingerprint density at radius 2 is 2.00 bits per heavy atom. The minimum absolute atomic E-state index is 0.172. The summed E-state index contributed by atoms with van der Waals surface area (Å²) < 4.78 is 15.2. The number of benzene rings is 1. The third-order valence-electron chi connectivity index (χ3n) is 2.62. The van der Waals surface area contributed by atoms with Crippen LogP contribution < -0.4 is 0 Å². The summed E-state index contributed by atoms with van der Waals surface area (Å²) in [4.78, 5) is 0.897. The van der Waals surface area contributed by atoms with E-state index < -0.39 is 5.82 Å². The predicted octanol–water partition coefficient (Wildman–Crippen LogP) is 5.10. The third-order valence-corrected chi connectivity index (χ3v) is 4.34. The molecule has 0 saturated heterocycles. The van der Waals surface area contributed by atoms with Crippen LogP contribution in [0.4, 0.5) is 4.39 Å². The van der Waals surface area contributed by atoms with Crippen LogP contribution in [-0.4, -0.2) is 14.8 Å². The molecule has 1 aromatic carbocycles. The lowest BCUT2D eigenvalue weighted by Gasteiger charge is -2.10. The Hall–Kier alpha value is -1.21. The van der Waals surface area contributed by atoms with Gasteiger partial charge in [0, 0.05) is 0 Å². The van der Waals surface area contributed by atoms with Gasteiger partial charge in [0.25, 0.3) is 0 Å². The molecule has 0 aliphatic rings. The molecule has 8 heteroatoms. The SMILES string of the molecule is Fc1cc(Cl)c(-n2c(-c3cccs3)n[nH]c2=S)c(Cl)c1. The van der Waals surface area contributed by atoms with Gasteiger partial charge < -0.3 is 0 Å². The molecule has 0 fully saturated rings. The van der Waals surface area contributed by atoms with E-state index in [0.29, 0.717) is 16.3 Å². The Morgan fingerprint density at radius 1 is 1.30 bits per heavy atom. The van der Waals surface area contributed by atoms with Crippen LogP contribution in [0.2, 0.25) is 10.0 Å². The van der Waals surface area contributed by atoms with Crippen LogP contribution >= 0.6 is 46.8 Å². The van der Waals surface area contributed by atoms with Crippen molar-refractivity contribution in [3.63, 3.8) is 0 Å². The van der Waals surface area contributed by atoms with Crippen molar-refractivity contribution in [1.29, 1.82) is 0 Å². The van der Waals surface area contributed by atoms with Crippen molar-refractivity contribution in [3.8, 4) is 16.4 Å². The second kappa shape index (κ2) is 5.29. The van der Waals surface area contributed by atoms with Crippen molar-refractivity contribution in [1.82, 2.24) is 14.8 Å². The normalized spacial score (nSPS) is 10.9. The molecule has 3 rings (SSSR count). The first kappa shape index (κ1) is 13.8. The molecular weight excluding hydrogens is 340 g/mol. The lowest BCUT2D eigenvalue weighted by molar-refractivity contribution is 0.627. The van der Waals surface area contributed by atoms with E-state index in [1.165, 1.54) is 23.5 Å². The van der Waals surface area contributed by atoms with Gasteiger partial charge in [-0.15, -0.1) is 11.3 Å². The van der Waals surface area contributed by atoms with Crippen molar-refractivity contribution in [2.75, 3.05) is 0 Å². The van der Waals surface area contributed by atoms with Gasteiger partial charge in [0.2, 0.25) is 0 Å². The van der Waals surface area contributed by atoms with E-state index in [4.69, 9.17) is 35.4 Å². The first-order valence-corrected chi connectivity index (χ1v) is 7.48. The van der Waals surface area contributed by atoms with Crippen molar-refractivity contribution in [2.24, 2.45) is 0 Å². The van der Waals surface area contributed by atoms with Crippen LogP contribution in [0.1, 0.15) is 0 Å². The molecule has 0 aliphatic heterocycles. The number of halogens is 3. The number of aromatic nitrogens is 3. The lowest BCUT2D eigenvalue weighted by Crippen LogP contribution is -1.99. The topological polar surface area (TPSA) is 33.6 Å². The van der Waals surface area contributed by atoms with E-state index in [-0.39, 0.29) is 10.0 Å². The van der Waals surface area contributed by atoms with E-state index in [0.717, 1.165) is 4.88 Å². The van der Waals surface area contributed by atoms with Crippen molar-refractivity contribution in [2.45, 2.75) is 0 Å². The van der Waals surface area contributed by atoms with Gasteiger partial charge in [-0.25, -0.2) is 4.39 Å². The summed E-state index contributed by atoms with van der Waals surface area (Å²) >= 11 is 18.9. The van der Waals surface area contributed by atoms with Crippen molar-refractivity contribution in [3.05, 3.63) is 50.3 Å². The number of nitrogens with one attached hydrogen (secondary N) is 1. The van der Waals surface area contributed by atoms with E-state index in [1.54, 1.807) is 4.57 Å². The number of hydrogen-bond acceptors (Lipinski definition) is 3. The summed E-state index contributed by atoms with van der Waals surface area (Å²) in [6.45, 7) is 0. The number of H-pyrrole nitrogens is 1. The zero-order chi connectivity index (χ0) is 14.3. The molecule has 20 heavy (non-hydrogen) atoms. The molecule has 102 valence electrons. The minimum atomic E-state index is -0.503. The van der Waals surface area contributed by atoms with Gasteiger partial charge in [-0.2, -0.15) is 5.10 Å². The van der Waals surface area contributed by atoms with Gasteiger partial charge in [0.15, 0.2) is 10.6 Å². The zero-order valence-electron chi connectivity index (χ0n) is 9.73. The van der Waals surface area contributed by atoms with E-state index in [2.05, 4.69) is 10.2 Å². The van der Waals surface area contributed by atoms with Gasteiger partial charge in [-0.3, -0.25) is 9.67 Å². The highest BCUT2D eigenvalue weighted by atomic mass is 35.5. The highest BCUT2D eigenvalue weighted by Gasteiger charge is 2.17. The average molecular weight is 346 g/mol. The van der Waals surface area contributed by atoms with E-state index in [1.807, 2.05) is 17.5 Å². The smallest absolute Gasteiger partial charge is 0.200 e. The third kappa shape index (κ3) is 2.29. The summed E-state index contributed by atoms with van der Waals surface area (Å²) in [5.41, 5.74) is 0.414.